The zero-order chi connectivity index (χ0) is 18.8. The lowest BCUT2D eigenvalue weighted by atomic mass is 10.0. The monoisotopic (exact) mass is 409 g/mol. The van der Waals surface area contributed by atoms with E-state index < -0.39 is 5.92 Å². The predicted molar refractivity (Wildman–Crippen MR) is 105 cm³/mol. The number of hydrogen-bond acceptors (Lipinski definition) is 8. The number of ketones is 1. The Hall–Kier alpha value is -1.90. The van der Waals surface area contributed by atoms with Gasteiger partial charge in [-0.2, -0.15) is 0 Å². The molecule has 1 aromatic heterocycles. The van der Waals surface area contributed by atoms with E-state index in [4.69, 9.17) is 21.7 Å². The fourth-order valence-electron chi connectivity index (χ4n) is 2.43. The van der Waals surface area contributed by atoms with E-state index in [0.717, 1.165) is 23.2 Å². The second kappa shape index (κ2) is 7.77. The number of aromatic hydroxyl groups is 1. The number of carbonyl (C=O) groups excluding carboxylic acids is 1. The van der Waals surface area contributed by atoms with Gasteiger partial charge in [-0.25, -0.2) is 0 Å². The number of carbonyl (C=O) groups is 1. The maximum Gasteiger partial charge on any atom is 0.186 e. The predicted octanol–water partition coefficient (Wildman–Crippen LogP) is 4.28. The van der Waals surface area contributed by atoms with Gasteiger partial charge in [0.05, 0.1) is 21.6 Å². The molecule has 1 aliphatic rings. The van der Waals surface area contributed by atoms with Crippen molar-refractivity contribution in [3.63, 3.8) is 0 Å². The Balaban J connectivity index is 1.93. The molecular weight excluding hydrogens is 394 g/mol. The number of nitrogens with zero attached hydrogens (tertiary/aromatic N) is 2. The summed E-state index contributed by atoms with van der Waals surface area (Å²) in [5, 5.41) is 28.0. The van der Waals surface area contributed by atoms with Crippen LogP contribution in [0.2, 0.25) is 5.02 Å². The van der Waals surface area contributed by atoms with E-state index in [2.05, 4.69) is 10.2 Å². The van der Waals surface area contributed by atoms with E-state index in [9.17, 15) is 9.90 Å². The topological polar surface area (TPSA) is 96.2 Å². The summed E-state index contributed by atoms with van der Waals surface area (Å²) in [6.07, 6.45) is 2.39. The number of phenols is 1. The van der Waals surface area contributed by atoms with Gasteiger partial charge in [0.2, 0.25) is 0 Å². The molecule has 26 heavy (non-hydrogen) atoms. The van der Waals surface area contributed by atoms with Crippen LogP contribution in [-0.2, 0) is 11.2 Å². The minimum absolute atomic E-state index is 0.132. The van der Waals surface area contributed by atoms with E-state index in [1.54, 1.807) is 25.1 Å². The summed E-state index contributed by atoms with van der Waals surface area (Å²) in [4.78, 5) is 13.2. The molecule has 6 nitrogen and oxygen atoms in total. The molecule has 0 bridgehead atoms. The summed E-state index contributed by atoms with van der Waals surface area (Å²) < 4.78 is 5.36. The zero-order valence-electron chi connectivity index (χ0n) is 14.1. The largest absolute Gasteiger partial charge is 0.503 e. The lowest BCUT2D eigenvalue weighted by Crippen LogP contribution is -2.11. The first kappa shape index (κ1) is 18.9. The molecule has 0 amide bonds. The molecule has 136 valence electrons. The number of benzene rings is 1. The number of hydrogen-bond donors (Lipinski definition) is 2. The second-order valence-corrected chi connectivity index (χ2v) is 8.03. The third kappa shape index (κ3) is 3.62. The summed E-state index contributed by atoms with van der Waals surface area (Å²) >= 11 is 8.50. The molecule has 0 saturated carbocycles. The molecule has 2 heterocycles. The van der Waals surface area contributed by atoms with Gasteiger partial charge in [-0.3, -0.25) is 10.2 Å². The summed E-state index contributed by atoms with van der Waals surface area (Å²) in [5.74, 6) is -0.748. The van der Waals surface area contributed by atoms with Crippen molar-refractivity contribution in [3.05, 3.63) is 37.6 Å². The van der Waals surface area contributed by atoms with Gasteiger partial charge in [0.15, 0.2) is 17.3 Å². The van der Waals surface area contributed by atoms with Gasteiger partial charge in [-0.05, 0) is 37.1 Å². The normalized spacial score (nSPS) is 18.7. The van der Waals surface area contributed by atoms with Gasteiger partial charge in [-0.15, -0.1) is 21.5 Å². The van der Waals surface area contributed by atoms with Crippen molar-refractivity contribution in [1.82, 2.24) is 10.2 Å². The fourth-order valence-corrected chi connectivity index (χ4v) is 4.61. The zero-order valence-corrected chi connectivity index (χ0v) is 16.5. The highest BCUT2D eigenvalue weighted by Crippen LogP contribution is 2.42. The van der Waals surface area contributed by atoms with Gasteiger partial charge in [0.25, 0.3) is 0 Å². The minimum Gasteiger partial charge on any atom is -0.503 e. The van der Waals surface area contributed by atoms with Crippen LogP contribution in [0, 0.1) is 5.41 Å². The molecule has 2 N–H and O–H groups in total. The van der Waals surface area contributed by atoms with Crippen LogP contribution in [0.4, 0.5) is 0 Å². The highest BCUT2D eigenvalue weighted by atomic mass is 35.5. The quantitative estimate of drug-likeness (QED) is 0.715. The van der Waals surface area contributed by atoms with Crippen LogP contribution in [0.25, 0.3) is 6.08 Å². The average molecular weight is 410 g/mol. The van der Waals surface area contributed by atoms with E-state index in [1.165, 1.54) is 11.3 Å². The number of aromatic nitrogens is 2. The van der Waals surface area contributed by atoms with Crippen molar-refractivity contribution in [1.29, 1.82) is 5.41 Å². The smallest absolute Gasteiger partial charge is 0.186 e. The second-order valence-electron chi connectivity index (χ2n) is 5.44. The van der Waals surface area contributed by atoms with Crippen molar-refractivity contribution in [3.8, 4) is 11.5 Å². The molecule has 0 aliphatic carbocycles. The maximum atomic E-state index is 12.8. The Kier molecular flexibility index (Phi) is 5.64. The van der Waals surface area contributed by atoms with E-state index in [-0.39, 0.29) is 27.3 Å². The van der Waals surface area contributed by atoms with Crippen molar-refractivity contribution >= 4 is 51.6 Å². The van der Waals surface area contributed by atoms with Crippen LogP contribution >= 0.6 is 34.7 Å². The number of allylic oxidation sites excluding steroid dienone is 1. The molecular formula is C17H16ClN3O3S2. The number of thioether (sulfide) groups is 1. The Labute approximate surface area is 163 Å². The van der Waals surface area contributed by atoms with Crippen LogP contribution in [-0.4, -0.2) is 32.7 Å². The summed E-state index contributed by atoms with van der Waals surface area (Å²) in [6, 6.07) is 3.17. The molecule has 3 rings (SSSR count). The van der Waals surface area contributed by atoms with E-state index in [0.29, 0.717) is 22.1 Å². The highest BCUT2D eigenvalue weighted by molar-refractivity contribution is 8.19. The summed E-state index contributed by atoms with van der Waals surface area (Å²) in [5.41, 5.74) is 0.618. The Morgan fingerprint density at radius 1 is 1.38 bits per heavy atom. The molecule has 0 radical (unpaired) electrons. The Morgan fingerprint density at radius 3 is 2.81 bits per heavy atom. The van der Waals surface area contributed by atoms with Crippen molar-refractivity contribution in [2.24, 2.45) is 0 Å². The number of halogens is 1. The Bertz CT molecular complexity index is 911. The first-order valence-corrected chi connectivity index (χ1v) is 9.95. The van der Waals surface area contributed by atoms with Crippen LogP contribution in [0.3, 0.4) is 0 Å². The molecule has 1 aliphatic heterocycles. The van der Waals surface area contributed by atoms with Crippen molar-refractivity contribution in [2.75, 3.05) is 6.61 Å². The number of phenolic OH excluding ortho intramolecular Hbond substituents is 1. The fraction of sp³-hybridized carbons (Fsp3) is 0.294. The van der Waals surface area contributed by atoms with Gasteiger partial charge in [-0.1, -0.05) is 30.3 Å². The molecule has 1 aromatic carbocycles. The lowest BCUT2D eigenvalue weighted by molar-refractivity contribution is -0.114. The maximum absolute atomic E-state index is 12.8. The van der Waals surface area contributed by atoms with Crippen LogP contribution in [0.5, 0.6) is 11.5 Å². The molecule has 0 unspecified atom stereocenters. The summed E-state index contributed by atoms with van der Waals surface area (Å²) in [6.45, 7) is 4.14. The molecule has 0 spiro atoms. The molecule has 1 fully saturated rings. The molecule has 1 atom stereocenters. The number of aryl methyl sites for hydroxylation is 1. The van der Waals surface area contributed by atoms with Crippen LogP contribution < -0.4 is 4.74 Å². The third-order valence-corrected chi connectivity index (χ3v) is 6.08. The minimum atomic E-state index is -0.692. The van der Waals surface area contributed by atoms with Gasteiger partial charge >= 0.3 is 0 Å². The highest BCUT2D eigenvalue weighted by Gasteiger charge is 2.39. The lowest BCUT2D eigenvalue weighted by Gasteiger charge is -2.08. The molecule has 2 aromatic rings. The molecule has 1 saturated heterocycles. The number of nitrogens with one attached hydrogen (secondary N) is 1. The molecule has 9 heteroatoms. The Morgan fingerprint density at radius 2 is 2.15 bits per heavy atom. The standard InChI is InChI=1S/C17H16ClN3O3S2/c1-3-12-20-21-17(26-12)13-15(23)11(25-16(13)19)7-8-5-9(18)14(22)10(6-8)24-4-2/h5-7,13,19,22H,3-4H2,1-2H3/b11-7-,19-16?/t13-/m0/s1. The van der Waals surface area contributed by atoms with Gasteiger partial charge in [0.1, 0.15) is 15.9 Å². The van der Waals surface area contributed by atoms with Crippen LogP contribution in [0.1, 0.15) is 35.3 Å². The third-order valence-electron chi connectivity index (χ3n) is 3.67. The van der Waals surface area contributed by atoms with E-state index in [1.807, 2.05) is 6.92 Å². The number of ether oxygens (including phenoxy) is 1. The SMILES string of the molecule is CCOc1cc(/C=C2\SC(=N)[C@@H](c3nnc(CC)s3)C2=O)cc(Cl)c1O. The van der Waals surface area contributed by atoms with Crippen molar-refractivity contribution in [2.45, 2.75) is 26.2 Å². The van der Waals surface area contributed by atoms with E-state index >= 15 is 0 Å². The first-order valence-electron chi connectivity index (χ1n) is 7.94. The first-order chi connectivity index (χ1) is 12.4. The van der Waals surface area contributed by atoms with Gasteiger partial charge < -0.3 is 9.84 Å². The summed E-state index contributed by atoms with van der Waals surface area (Å²) in [7, 11) is 0. The van der Waals surface area contributed by atoms with Crippen molar-refractivity contribution < 1.29 is 14.6 Å². The number of Topliss-reactive ketones (excluding diaryl/α,β-unsaturated/α-hetero) is 1. The average Bonchev–Trinajstić information content (AvgIpc) is 3.17. The van der Waals surface area contributed by atoms with Gasteiger partial charge in [0, 0.05) is 0 Å². The number of rotatable bonds is 5. The van der Waals surface area contributed by atoms with Crippen LogP contribution in [0.15, 0.2) is 17.0 Å².